The van der Waals surface area contributed by atoms with Crippen molar-refractivity contribution in [2.24, 2.45) is 5.92 Å². The molecule has 98 valence electrons. The van der Waals surface area contributed by atoms with Crippen molar-refractivity contribution in [1.82, 2.24) is 5.32 Å². The number of hydrogen-bond donors (Lipinski definition) is 1. The van der Waals surface area contributed by atoms with Crippen LogP contribution in [0.5, 0.6) is 0 Å². The Labute approximate surface area is 108 Å². The summed E-state index contributed by atoms with van der Waals surface area (Å²) in [5, 5.41) is 3.39. The Morgan fingerprint density at radius 3 is 2.67 bits per heavy atom. The van der Waals surface area contributed by atoms with Gasteiger partial charge in [0.25, 0.3) is 0 Å². The third kappa shape index (κ3) is 2.29. The normalized spacial score (nSPS) is 23.6. The predicted octanol–water partition coefficient (Wildman–Crippen LogP) is 2.48. The van der Waals surface area contributed by atoms with Gasteiger partial charge in [-0.2, -0.15) is 0 Å². The topological polar surface area (TPSA) is 21.3 Å². The van der Waals surface area contributed by atoms with Gasteiger partial charge in [-0.3, -0.25) is 0 Å². The summed E-state index contributed by atoms with van der Waals surface area (Å²) >= 11 is 0. The van der Waals surface area contributed by atoms with Crippen molar-refractivity contribution in [3.8, 4) is 0 Å². The molecule has 0 aliphatic carbocycles. The molecule has 0 atom stereocenters. The Bertz CT molecular complexity index is 411. The molecule has 2 fully saturated rings. The van der Waals surface area contributed by atoms with Gasteiger partial charge in [-0.05, 0) is 56.0 Å². The average Bonchev–Trinajstić information content (AvgIpc) is 2.35. The largest absolute Gasteiger partial charge is 0.379 e. The Hall–Kier alpha value is -0.930. The number of nitrogens with one attached hydrogen (secondary N) is 1. The molecule has 2 saturated heterocycles. The van der Waals surface area contributed by atoms with E-state index in [9.17, 15) is 4.39 Å². The SMILES string of the molecule is Fc1cccc(C2(CC3CCNCC3)COC2)c1. The molecule has 0 aromatic heterocycles. The quantitative estimate of drug-likeness (QED) is 0.888. The van der Waals surface area contributed by atoms with Gasteiger partial charge < -0.3 is 10.1 Å². The van der Waals surface area contributed by atoms with Gasteiger partial charge in [0, 0.05) is 5.41 Å². The van der Waals surface area contributed by atoms with E-state index in [-0.39, 0.29) is 11.2 Å². The maximum Gasteiger partial charge on any atom is 0.123 e. The van der Waals surface area contributed by atoms with Crippen molar-refractivity contribution in [2.75, 3.05) is 26.3 Å². The molecule has 1 aromatic rings. The smallest absolute Gasteiger partial charge is 0.123 e. The number of piperidine rings is 1. The predicted molar refractivity (Wildman–Crippen MR) is 69.1 cm³/mol. The van der Waals surface area contributed by atoms with Gasteiger partial charge in [0.2, 0.25) is 0 Å². The summed E-state index contributed by atoms with van der Waals surface area (Å²) in [5.41, 5.74) is 1.19. The third-order valence-corrected chi connectivity index (χ3v) is 4.33. The molecule has 1 N–H and O–H groups in total. The van der Waals surface area contributed by atoms with Crippen LogP contribution in [0.3, 0.4) is 0 Å². The molecule has 2 aliphatic heterocycles. The van der Waals surface area contributed by atoms with Gasteiger partial charge in [0.1, 0.15) is 5.82 Å². The van der Waals surface area contributed by atoms with Crippen molar-refractivity contribution >= 4 is 0 Å². The van der Waals surface area contributed by atoms with E-state index in [0.29, 0.717) is 0 Å². The molecule has 0 radical (unpaired) electrons. The van der Waals surface area contributed by atoms with Gasteiger partial charge in [-0.25, -0.2) is 4.39 Å². The summed E-state index contributed by atoms with van der Waals surface area (Å²) in [6.45, 7) is 3.73. The summed E-state index contributed by atoms with van der Waals surface area (Å²) in [7, 11) is 0. The molecule has 0 bridgehead atoms. The zero-order valence-corrected chi connectivity index (χ0v) is 10.6. The second-order valence-corrected chi connectivity index (χ2v) is 5.68. The lowest BCUT2D eigenvalue weighted by Gasteiger charge is -2.45. The van der Waals surface area contributed by atoms with E-state index in [0.717, 1.165) is 44.2 Å². The minimum Gasteiger partial charge on any atom is -0.379 e. The maximum absolute atomic E-state index is 13.4. The minimum absolute atomic E-state index is 0.0735. The second kappa shape index (κ2) is 4.98. The second-order valence-electron chi connectivity index (χ2n) is 5.68. The fraction of sp³-hybridized carbons (Fsp3) is 0.600. The molecule has 3 heteroatoms. The van der Waals surface area contributed by atoms with E-state index in [1.165, 1.54) is 18.9 Å². The number of rotatable bonds is 3. The summed E-state index contributed by atoms with van der Waals surface area (Å²) in [6, 6.07) is 7.06. The lowest BCUT2D eigenvalue weighted by Crippen LogP contribution is -2.49. The molecular weight excluding hydrogens is 229 g/mol. The van der Waals surface area contributed by atoms with Crippen LogP contribution in [0.2, 0.25) is 0 Å². The highest BCUT2D eigenvalue weighted by Crippen LogP contribution is 2.40. The summed E-state index contributed by atoms with van der Waals surface area (Å²) in [5.74, 6) is 0.613. The summed E-state index contributed by atoms with van der Waals surface area (Å²) in [4.78, 5) is 0. The van der Waals surface area contributed by atoms with Crippen LogP contribution >= 0.6 is 0 Å². The highest BCUT2D eigenvalue weighted by Gasteiger charge is 2.42. The van der Waals surface area contributed by atoms with E-state index >= 15 is 0 Å². The molecule has 0 spiro atoms. The number of ether oxygens (including phenoxy) is 1. The third-order valence-electron chi connectivity index (χ3n) is 4.33. The van der Waals surface area contributed by atoms with Crippen molar-refractivity contribution in [3.63, 3.8) is 0 Å². The van der Waals surface area contributed by atoms with Gasteiger partial charge in [0.15, 0.2) is 0 Å². The molecule has 1 aromatic carbocycles. The van der Waals surface area contributed by atoms with Crippen LogP contribution in [0.15, 0.2) is 24.3 Å². The summed E-state index contributed by atoms with van der Waals surface area (Å²) in [6.07, 6.45) is 3.60. The van der Waals surface area contributed by atoms with E-state index < -0.39 is 0 Å². The van der Waals surface area contributed by atoms with E-state index in [1.54, 1.807) is 6.07 Å². The lowest BCUT2D eigenvalue weighted by atomic mass is 9.70. The van der Waals surface area contributed by atoms with Crippen molar-refractivity contribution < 1.29 is 9.13 Å². The van der Waals surface area contributed by atoms with Gasteiger partial charge in [-0.1, -0.05) is 12.1 Å². The van der Waals surface area contributed by atoms with Crippen LogP contribution in [-0.2, 0) is 10.2 Å². The van der Waals surface area contributed by atoms with Gasteiger partial charge in [0.05, 0.1) is 13.2 Å². The van der Waals surface area contributed by atoms with Crippen molar-refractivity contribution in [2.45, 2.75) is 24.7 Å². The first kappa shape index (κ1) is 12.1. The van der Waals surface area contributed by atoms with E-state index in [1.807, 2.05) is 12.1 Å². The maximum atomic E-state index is 13.4. The van der Waals surface area contributed by atoms with Crippen LogP contribution in [-0.4, -0.2) is 26.3 Å². The highest BCUT2D eigenvalue weighted by molar-refractivity contribution is 5.28. The Morgan fingerprint density at radius 2 is 2.06 bits per heavy atom. The Balaban J connectivity index is 1.77. The van der Waals surface area contributed by atoms with Gasteiger partial charge in [-0.15, -0.1) is 0 Å². The fourth-order valence-corrected chi connectivity index (χ4v) is 3.21. The number of benzene rings is 1. The van der Waals surface area contributed by atoms with Crippen LogP contribution in [0, 0.1) is 11.7 Å². The Morgan fingerprint density at radius 1 is 1.28 bits per heavy atom. The van der Waals surface area contributed by atoms with Crippen LogP contribution in [0.4, 0.5) is 4.39 Å². The zero-order valence-electron chi connectivity index (χ0n) is 10.6. The number of halogens is 1. The van der Waals surface area contributed by atoms with Crippen LogP contribution < -0.4 is 5.32 Å². The van der Waals surface area contributed by atoms with Gasteiger partial charge >= 0.3 is 0 Å². The first-order chi connectivity index (χ1) is 8.78. The monoisotopic (exact) mass is 249 g/mol. The molecule has 2 aliphatic rings. The molecule has 0 unspecified atom stereocenters. The Kier molecular flexibility index (Phi) is 3.35. The standard InChI is InChI=1S/C15H20FNO/c16-14-3-1-2-13(8-14)15(10-18-11-15)9-12-4-6-17-7-5-12/h1-3,8,12,17H,4-7,9-11H2. The number of hydrogen-bond acceptors (Lipinski definition) is 2. The molecule has 2 heterocycles. The zero-order chi connectivity index (χ0) is 12.4. The lowest BCUT2D eigenvalue weighted by molar-refractivity contribution is -0.0732. The first-order valence-corrected chi connectivity index (χ1v) is 6.83. The molecule has 0 saturated carbocycles. The minimum atomic E-state index is -0.135. The van der Waals surface area contributed by atoms with Crippen molar-refractivity contribution in [3.05, 3.63) is 35.6 Å². The average molecular weight is 249 g/mol. The first-order valence-electron chi connectivity index (χ1n) is 6.83. The van der Waals surface area contributed by atoms with E-state index in [4.69, 9.17) is 4.74 Å². The summed E-state index contributed by atoms with van der Waals surface area (Å²) < 4.78 is 18.8. The molecule has 18 heavy (non-hydrogen) atoms. The van der Waals surface area contributed by atoms with E-state index in [2.05, 4.69) is 5.32 Å². The van der Waals surface area contributed by atoms with Crippen LogP contribution in [0.25, 0.3) is 0 Å². The highest BCUT2D eigenvalue weighted by atomic mass is 19.1. The van der Waals surface area contributed by atoms with Crippen LogP contribution in [0.1, 0.15) is 24.8 Å². The molecule has 3 rings (SSSR count). The molecule has 2 nitrogen and oxygen atoms in total. The molecule has 0 amide bonds. The molecular formula is C15H20FNO. The van der Waals surface area contributed by atoms with Crippen molar-refractivity contribution in [1.29, 1.82) is 0 Å². The fourth-order valence-electron chi connectivity index (χ4n) is 3.21.